The minimum absolute atomic E-state index is 0.123. The number of benzene rings is 2. The van der Waals surface area contributed by atoms with E-state index in [0.717, 1.165) is 24.1 Å². The van der Waals surface area contributed by atoms with Gasteiger partial charge in [-0.25, -0.2) is 0 Å². The van der Waals surface area contributed by atoms with Crippen LogP contribution in [0.3, 0.4) is 0 Å². The zero-order valence-electron chi connectivity index (χ0n) is 12.6. The highest BCUT2D eigenvalue weighted by molar-refractivity contribution is 6.30. The molecule has 5 nitrogen and oxygen atoms in total. The summed E-state index contributed by atoms with van der Waals surface area (Å²) in [5.41, 5.74) is 2.25. The molecule has 0 atom stereocenters. The molecule has 2 aromatic carbocycles. The van der Waals surface area contributed by atoms with Crippen molar-refractivity contribution in [1.82, 2.24) is 0 Å². The van der Waals surface area contributed by atoms with E-state index in [1.807, 2.05) is 6.07 Å². The molecule has 0 radical (unpaired) electrons. The van der Waals surface area contributed by atoms with Gasteiger partial charge in [0, 0.05) is 22.8 Å². The summed E-state index contributed by atoms with van der Waals surface area (Å²) in [6.45, 7) is 2.18. The number of nitrogens with zero attached hydrogens (tertiary/aromatic N) is 2. The van der Waals surface area contributed by atoms with Crippen molar-refractivity contribution in [2.24, 2.45) is 0 Å². The van der Waals surface area contributed by atoms with Crippen molar-refractivity contribution < 1.29 is 9.72 Å². The molecule has 118 valence electrons. The van der Waals surface area contributed by atoms with Crippen molar-refractivity contribution >= 4 is 28.9 Å². The number of halogens is 1. The number of aryl methyl sites for hydroxylation is 2. The van der Waals surface area contributed by atoms with Gasteiger partial charge in [0.05, 0.1) is 4.92 Å². The molecule has 1 amide bonds. The Kier molecular flexibility index (Phi) is 4.05. The average Bonchev–Trinajstić information content (AvgIpc) is 2.52. The van der Waals surface area contributed by atoms with Gasteiger partial charge in [0.25, 0.3) is 11.6 Å². The van der Waals surface area contributed by atoms with Crippen LogP contribution >= 0.6 is 11.6 Å². The van der Waals surface area contributed by atoms with E-state index in [2.05, 4.69) is 0 Å². The van der Waals surface area contributed by atoms with E-state index >= 15 is 0 Å². The molecule has 6 heteroatoms. The van der Waals surface area contributed by atoms with Gasteiger partial charge in [0.15, 0.2) is 0 Å². The van der Waals surface area contributed by atoms with E-state index in [1.165, 1.54) is 6.07 Å². The van der Waals surface area contributed by atoms with Crippen LogP contribution in [0.5, 0.6) is 0 Å². The number of hydrogen-bond acceptors (Lipinski definition) is 3. The number of anilines is 1. The third-order valence-electron chi connectivity index (χ3n) is 4.06. The first kappa shape index (κ1) is 15.5. The second-order valence-corrected chi connectivity index (χ2v) is 6.00. The monoisotopic (exact) mass is 330 g/mol. The van der Waals surface area contributed by atoms with Gasteiger partial charge in [-0.3, -0.25) is 14.9 Å². The minimum atomic E-state index is -0.491. The molecule has 0 spiro atoms. The predicted molar refractivity (Wildman–Crippen MR) is 89.3 cm³/mol. The lowest BCUT2D eigenvalue weighted by atomic mass is 10.00. The van der Waals surface area contributed by atoms with E-state index in [4.69, 9.17) is 11.6 Å². The fourth-order valence-corrected chi connectivity index (χ4v) is 3.19. The van der Waals surface area contributed by atoms with Crippen molar-refractivity contribution in [3.8, 4) is 0 Å². The fourth-order valence-electron chi connectivity index (χ4n) is 3.00. The van der Waals surface area contributed by atoms with Crippen LogP contribution in [0, 0.1) is 17.0 Å². The van der Waals surface area contributed by atoms with E-state index < -0.39 is 4.92 Å². The van der Waals surface area contributed by atoms with Gasteiger partial charge in [0.1, 0.15) is 5.56 Å². The number of para-hydroxylation sites is 1. The summed E-state index contributed by atoms with van der Waals surface area (Å²) in [6, 6.07) is 10.2. The highest BCUT2D eigenvalue weighted by Gasteiger charge is 2.29. The van der Waals surface area contributed by atoms with Crippen molar-refractivity contribution in [3.05, 3.63) is 68.2 Å². The van der Waals surface area contributed by atoms with E-state index in [9.17, 15) is 14.9 Å². The van der Waals surface area contributed by atoms with Crippen LogP contribution < -0.4 is 4.90 Å². The Balaban J connectivity index is 2.07. The van der Waals surface area contributed by atoms with Crippen molar-refractivity contribution in [3.63, 3.8) is 0 Å². The summed E-state index contributed by atoms with van der Waals surface area (Å²) in [5.74, 6) is -0.344. The van der Waals surface area contributed by atoms with Gasteiger partial charge >= 0.3 is 0 Å². The Labute approximate surface area is 138 Å². The first-order valence-corrected chi connectivity index (χ1v) is 7.71. The SMILES string of the molecule is Cc1cccc(C(=O)N2CCCc3cc(Cl)ccc32)c1[N+](=O)[O-]. The van der Waals surface area contributed by atoms with Crippen LogP contribution in [0.1, 0.15) is 27.9 Å². The van der Waals surface area contributed by atoms with Gasteiger partial charge in [-0.1, -0.05) is 23.7 Å². The molecule has 2 aromatic rings. The molecule has 0 bridgehead atoms. The molecular formula is C17H15ClN2O3. The third kappa shape index (κ3) is 2.80. The molecule has 0 fully saturated rings. The molecule has 0 saturated carbocycles. The molecule has 0 N–H and O–H groups in total. The summed E-state index contributed by atoms with van der Waals surface area (Å²) in [7, 11) is 0. The molecule has 1 aliphatic heterocycles. The molecule has 23 heavy (non-hydrogen) atoms. The largest absolute Gasteiger partial charge is 0.308 e. The van der Waals surface area contributed by atoms with Crippen LogP contribution in [0.25, 0.3) is 0 Å². The Morgan fingerprint density at radius 2 is 2.09 bits per heavy atom. The van der Waals surface area contributed by atoms with E-state index in [0.29, 0.717) is 17.1 Å². The molecule has 3 rings (SSSR count). The number of carbonyl (C=O) groups is 1. The Morgan fingerprint density at radius 3 is 2.83 bits per heavy atom. The van der Waals surface area contributed by atoms with Gasteiger partial charge in [-0.15, -0.1) is 0 Å². The second kappa shape index (κ2) is 6.01. The quantitative estimate of drug-likeness (QED) is 0.613. The average molecular weight is 331 g/mol. The zero-order chi connectivity index (χ0) is 16.6. The number of nitro groups is 1. The molecule has 1 aliphatic rings. The zero-order valence-corrected chi connectivity index (χ0v) is 13.3. The van der Waals surface area contributed by atoms with Gasteiger partial charge in [-0.05, 0) is 49.6 Å². The third-order valence-corrected chi connectivity index (χ3v) is 4.29. The summed E-state index contributed by atoms with van der Waals surface area (Å²) in [6.07, 6.45) is 1.65. The summed E-state index contributed by atoms with van der Waals surface area (Å²) in [4.78, 5) is 25.4. The lowest BCUT2D eigenvalue weighted by Gasteiger charge is -2.29. The lowest BCUT2D eigenvalue weighted by molar-refractivity contribution is -0.385. The molecule has 0 aromatic heterocycles. The van der Waals surface area contributed by atoms with Crippen LogP contribution in [-0.4, -0.2) is 17.4 Å². The van der Waals surface area contributed by atoms with E-state index in [1.54, 1.807) is 36.1 Å². The van der Waals surface area contributed by atoms with E-state index in [-0.39, 0.29) is 17.2 Å². The maximum absolute atomic E-state index is 12.9. The smallest absolute Gasteiger partial charge is 0.285 e. The van der Waals surface area contributed by atoms with Crippen molar-refractivity contribution in [1.29, 1.82) is 0 Å². The normalized spacial score (nSPS) is 13.6. The predicted octanol–water partition coefficient (Wildman–Crippen LogP) is 4.15. The maximum atomic E-state index is 12.9. The highest BCUT2D eigenvalue weighted by atomic mass is 35.5. The molecule has 1 heterocycles. The van der Waals surface area contributed by atoms with Crippen LogP contribution in [-0.2, 0) is 6.42 Å². The van der Waals surface area contributed by atoms with Crippen molar-refractivity contribution in [2.45, 2.75) is 19.8 Å². The number of nitro benzene ring substituents is 1. The highest BCUT2D eigenvalue weighted by Crippen LogP contribution is 2.32. The van der Waals surface area contributed by atoms with Gasteiger partial charge < -0.3 is 4.90 Å². The number of carbonyl (C=O) groups excluding carboxylic acids is 1. The van der Waals surface area contributed by atoms with Gasteiger partial charge in [-0.2, -0.15) is 0 Å². The first-order valence-electron chi connectivity index (χ1n) is 7.33. The lowest BCUT2D eigenvalue weighted by Crippen LogP contribution is -2.35. The summed E-state index contributed by atoms with van der Waals surface area (Å²) >= 11 is 6.02. The fraction of sp³-hybridized carbons (Fsp3) is 0.235. The standard InChI is InChI=1S/C17H15ClN2O3/c1-11-4-2-6-14(16(11)20(22)23)17(21)19-9-3-5-12-10-13(18)7-8-15(12)19/h2,4,6-8,10H,3,5,9H2,1H3. The Hall–Kier alpha value is -2.40. The second-order valence-electron chi connectivity index (χ2n) is 5.56. The minimum Gasteiger partial charge on any atom is -0.308 e. The number of hydrogen-bond donors (Lipinski definition) is 0. The Bertz CT molecular complexity index is 804. The number of amides is 1. The first-order chi connectivity index (χ1) is 11.0. The molecule has 0 unspecified atom stereocenters. The molecular weight excluding hydrogens is 316 g/mol. The molecule has 0 aliphatic carbocycles. The van der Waals surface area contributed by atoms with Crippen LogP contribution in [0.15, 0.2) is 36.4 Å². The van der Waals surface area contributed by atoms with Crippen molar-refractivity contribution in [2.75, 3.05) is 11.4 Å². The summed E-state index contributed by atoms with van der Waals surface area (Å²) < 4.78 is 0. The summed E-state index contributed by atoms with van der Waals surface area (Å²) in [5, 5.41) is 12.0. The number of rotatable bonds is 2. The molecule has 0 saturated heterocycles. The Morgan fingerprint density at radius 1 is 1.30 bits per heavy atom. The number of fused-ring (bicyclic) bond motifs is 1. The van der Waals surface area contributed by atoms with Crippen LogP contribution in [0.2, 0.25) is 5.02 Å². The topological polar surface area (TPSA) is 63.5 Å². The maximum Gasteiger partial charge on any atom is 0.285 e. The van der Waals surface area contributed by atoms with Crippen LogP contribution in [0.4, 0.5) is 11.4 Å². The van der Waals surface area contributed by atoms with Gasteiger partial charge in [0.2, 0.25) is 0 Å².